The lowest BCUT2D eigenvalue weighted by Crippen LogP contribution is -2.24. The summed E-state index contributed by atoms with van der Waals surface area (Å²) in [4.78, 5) is 34.3. The molecule has 1 N–H and O–H groups in total. The van der Waals surface area contributed by atoms with Crippen molar-refractivity contribution in [1.29, 1.82) is 0 Å². The Bertz CT molecular complexity index is 868. The van der Waals surface area contributed by atoms with Crippen molar-refractivity contribution in [1.82, 2.24) is 0 Å². The Kier molecular flexibility index (Phi) is 6.53. The van der Waals surface area contributed by atoms with Gasteiger partial charge < -0.3 is 14.8 Å². The number of esters is 1. The molecule has 0 radical (unpaired) electrons. The van der Waals surface area contributed by atoms with Gasteiger partial charge in [-0.05, 0) is 43.3 Å². The van der Waals surface area contributed by atoms with Gasteiger partial charge in [-0.25, -0.2) is 18.0 Å². The van der Waals surface area contributed by atoms with E-state index < -0.39 is 48.2 Å². The molecule has 9 heteroatoms. The molecule has 0 aliphatic carbocycles. The number of Topliss-reactive ketones (excluding diaryl/α,β-unsaturated/α-hetero) is 1. The van der Waals surface area contributed by atoms with Gasteiger partial charge in [0.2, 0.25) is 0 Å². The summed E-state index contributed by atoms with van der Waals surface area (Å²) in [5.74, 6) is -6.33. The van der Waals surface area contributed by atoms with E-state index in [4.69, 9.17) is 4.74 Å². The third-order valence-electron chi connectivity index (χ3n) is 3.29. The lowest BCUT2D eigenvalue weighted by atomic mass is 10.1. The van der Waals surface area contributed by atoms with E-state index in [-0.39, 0.29) is 5.78 Å². The number of hydrogen-bond donors (Lipinski definition) is 1. The number of hydrogen-bond acceptors (Lipinski definition) is 5. The van der Waals surface area contributed by atoms with Crippen LogP contribution in [0.4, 0.5) is 18.9 Å². The third-order valence-corrected chi connectivity index (χ3v) is 3.29. The molecule has 2 aromatic carbocycles. The highest BCUT2D eigenvalue weighted by Crippen LogP contribution is 2.19. The quantitative estimate of drug-likeness (QED) is 0.453. The number of ketones is 1. The van der Waals surface area contributed by atoms with E-state index >= 15 is 0 Å². The number of nitrogens with one attached hydrogen (secondary N) is 1. The summed E-state index contributed by atoms with van der Waals surface area (Å²) in [5, 5.41) is 1.95. The first-order chi connectivity index (χ1) is 12.8. The van der Waals surface area contributed by atoms with E-state index in [0.29, 0.717) is 17.4 Å². The lowest BCUT2D eigenvalue weighted by molar-refractivity contribution is -0.149. The number of carbonyl (C=O) groups is 3. The Morgan fingerprint density at radius 1 is 0.926 bits per heavy atom. The maximum absolute atomic E-state index is 13.4. The predicted octanol–water partition coefficient (Wildman–Crippen LogP) is 2.87. The van der Waals surface area contributed by atoms with Crippen molar-refractivity contribution in [3.8, 4) is 5.75 Å². The number of halogens is 3. The average Bonchev–Trinajstić information content (AvgIpc) is 2.65. The van der Waals surface area contributed by atoms with Crippen LogP contribution < -0.4 is 10.1 Å². The molecule has 27 heavy (non-hydrogen) atoms. The fourth-order valence-electron chi connectivity index (χ4n) is 1.92. The van der Waals surface area contributed by atoms with Crippen LogP contribution in [0.1, 0.15) is 17.3 Å². The van der Waals surface area contributed by atoms with Crippen molar-refractivity contribution in [3.05, 3.63) is 59.4 Å². The van der Waals surface area contributed by atoms with Gasteiger partial charge in [0.05, 0.1) is 5.69 Å². The molecule has 0 unspecified atom stereocenters. The molecule has 0 spiro atoms. The molecule has 6 nitrogen and oxygen atoms in total. The Labute approximate surface area is 151 Å². The zero-order valence-corrected chi connectivity index (χ0v) is 14.1. The zero-order valence-electron chi connectivity index (χ0n) is 14.1. The fraction of sp³-hybridized carbons (Fsp3) is 0.167. The summed E-state index contributed by atoms with van der Waals surface area (Å²) in [6, 6.07) is 7.50. The number of carbonyl (C=O) groups excluding carboxylic acids is 3. The second-order valence-corrected chi connectivity index (χ2v) is 5.30. The number of ether oxygens (including phenoxy) is 2. The third kappa shape index (κ3) is 5.56. The summed E-state index contributed by atoms with van der Waals surface area (Å²) in [5.41, 5.74) is -0.109. The zero-order chi connectivity index (χ0) is 20.0. The van der Waals surface area contributed by atoms with Crippen LogP contribution in [0.2, 0.25) is 0 Å². The molecule has 2 aromatic rings. The van der Waals surface area contributed by atoms with E-state index in [1.54, 1.807) is 0 Å². The largest absolute Gasteiger partial charge is 0.482 e. The Hall–Kier alpha value is -3.36. The Morgan fingerprint density at radius 3 is 2.22 bits per heavy atom. The first kappa shape index (κ1) is 20.0. The Balaban J connectivity index is 1.79. The second kappa shape index (κ2) is 8.84. The van der Waals surface area contributed by atoms with Crippen LogP contribution in [0.5, 0.6) is 5.75 Å². The summed E-state index contributed by atoms with van der Waals surface area (Å²) < 4.78 is 49.1. The highest BCUT2D eigenvalue weighted by molar-refractivity contribution is 5.94. The molecular formula is C18H14F3NO5. The summed E-state index contributed by atoms with van der Waals surface area (Å²) in [7, 11) is 0. The van der Waals surface area contributed by atoms with Crippen LogP contribution in [0.3, 0.4) is 0 Å². The van der Waals surface area contributed by atoms with E-state index in [1.807, 2.05) is 5.32 Å². The summed E-state index contributed by atoms with van der Waals surface area (Å²) >= 11 is 0. The van der Waals surface area contributed by atoms with E-state index in [2.05, 4.69) is 4.74 Å². The van der Waals surface area contributed by atoms with Crippen molar-refractivity contribution >= 4 is 23.3 Å². The van der Waals surface area contributed by atoms with Crippen molar-refractivity contribution in [2.24, 2.45) is 0 Å². The van der Waals surface area contributed by atoms with Crippen LogP contribution in [0.25, 0.3) is 0 Å². The maximum atomic E-state index is 13.4. The van der Waals surface area contributed by atoms with E-state index in [1.165, 1.54) is 31.2 Å². The van der Waals surface area contributed by atoms with Gasteiger partial charge in [0.15, 0.2) is 36.4 Å². The van der Waals surface area contributed by atoms with Crippen LogP contribution in [-0.4, -0.2) is 30.9 Å². The molecular weight excluding hydrogens is 367 g/mol. The number of anilines is 1. The van der Waals surface area contributed by atoms with Crippen LogP contribution in [0, 0.1) is 17.5 Å². The summed E-state index contributed by atoms with van der Waals surface area (Å²) in [6.45, 7) is 0.126. The monoisotopic (exact) mass is 381 g/mol. The predicted molar refractivity (Wildman–Crippen MR) is 87.8 cm³/mol. The van der Waals surface area contributed by atoms with Gasteiger partial charge in [-0.2, -0.15) is 0 Å². The van der Waals surface area contributed by atoms with Gasteiger partial charge in [0.25, 0.3) is 5.91 Å². The van der Waals surface area contributed by atoms with Gasteiger partial charge in [-0.15, -0.1) is 0 Å². The smallest absolute Gasteiger partial charge is 0.344 e. The van der Waals surface area contributed by atoms with Gasteiger partial charge >= 0.3 is 5.97 Å². The number of rotatable bonds is 7. The van der Waals surface area contributed by atoms with E-state index in [9.17, 15) is 27.6 Å². The highest BCUT2D eigenvalue weighted by atomic mass is 19.2. The first-order valence-electron chi connectivity index (χ1n) is 7.60. The number of amides is 1. The average molecular weight is 381 g/mol. The molecule has 0 saturated carbocycles. The van der Waals surface area contributed by atoms with Gasteiger partial charge in [-0.1, -0.05) is 0 Å². The van der Waals surface area contributed by atoms with Gasteiger partial charge in [-0.3, -0.25) is 9.59 Å². The normalized spacial score (nSPS) is 10.2. The van der Waals surface area contributed by atoms with Crippen LogP contribution in [0.15, 0.2) is 36.4 Å². The molecule has 1 amide bonds. The molecule has 2 rings (SSSR count). The van der Waals surface area contributed by atoms with Gasteiger partial charge in [0, 0.05) is 5.56 Å². The van der Waals surface area contributed by atoms with Crippen molar-refractivity contribution < 1.29 is 37.0 Å². The second-order valence-electron chi connectivity index (χ2n) is 5.30. The van der Waals surface area contributed by atoms with Crippen molar-refractivity contribution in [3.63, 3.8) is 0 Å². The highest BCUT2D eigenvalue weighted by Gasteiger charge is 2.16. The molecule has 0 saturated heterocycles. The Morgan fingerprint density at radius 2 is 1.59 bits per heavy atom. The van der Waals surface area contributed by atoms with Gasteiger partial charge in [0.1, 0.15) is 5.75 Å². The molecule has 0 aliphatic rings. The minimum Gasteiger partial charge on any atom is -0.482 e. The summed E-state index contributed by atoms with van der Waals surface area (Å²) in [6.07, 6.45) is 0. The van der Waals surface area contributed by atoms with Crippen LogP contribution in [-0.2, 0) is 14.3 Å². The van der Waals surface area contributed by atoms with Crippen molar-refractivity contribution in [2.75, 3.05) is 18.5 Å². The number of benzene rings is 2. The molecule has 0 fully saturated rings. The maximum Gasteiger partial charge on any atom is 0.344 e. The molecule has 0 atom stereocenters. The standard InChI is InChI=1S/C18H14F3NO5/c1-10(23)11-2-4-12(5-3-11)26-9-16(25)27-8-15(24)22-14-7-6-13(19)17(20)18(14)21/h2-7H,8-9H2,1H3,(H,22,24). The van der Waals surface area contributed by atoms with Crippen molar-refractivity contribution in [2.45, 2.75) is 6.92 Å². The first-order valence-corrected chi connectivity index (χ1v) is 7.60. The molecule has 142 valence electrons. The SMILES string of the molecule is CC(=O)c1ccc(OCC(=O)OCC(=O)Nc2ccc(F)c(F)c2F)cc1. The minimum atomic E-state index is -1.73. The molecule has 0 aliphatic heterocycles. The van der Waals surface area contributed by atoms with E-state index in [0.717, 1.165) is 6.07 Å². The molecule has 0 heterocycles. The topological polar surface area (TPSA) is 81.7 Å². The lowest BCUT2D eigenvalue weighted by Gasteiger charge is -2.09. The fourth-order valence-corrected chi connectivity index (χ4v) is 1.92. The minimum absolute atomic E-state index is 0.121. The van der Waals surface area contributed by atoms with Crippen LogP contribution >= 0.6 is 0 Å². The molecule has 0 bridgehead atoms. The molecule has 0 aromatic heterocycles.